The van der Waals surface area contributed by atoms with Gasteiger partial charge in [0.15, 0.2) is 0 Å². The van der Waals surface area contributed by atoms with Crippen LogP contribution in [0.4, 0.5) is 0 Å². The Kier molecular flexibility index (Phi) is 4.01. The predicted octanol–water partition coefficient (Wildman–Crippen LogP) is -0.240. The molecule has 1 aliphatic heterocycles. The number of hydrogen-bond acceptors (Lipinski definition) is 5. The van der Waals surface area contributed by atoms with Gasteiger partial charge in [0.25, 0.3) is 5.91 Å². The van der Waals surface area contributed by atoms with Crippen LogP contribution >= 0.6 is 0 Å². The Morgan fingerprint density at radius 2 is 2.40 bits per heavy atom. The Hall–Kier alpha value is -1.99. The van der Waals surface area contributed by atoms with Gasteiger partial charge in [0, 0.05) is 18.3 Å². The number of pyridine rings is 1. The molecule has 0 bridgehead atoms. The van der Waals surface area contributed by atoms with Gasteiger partial charge in [-0.1, -0.05) is 0 Å². The molecule has 7 nitrogen and oxygen atoms in total. The maximum absolute atomic E-state index is 12.2. The van der Waals surface area contributed by atoms with Gasteiger partial charge in [0.2, 0.25) is 0 Å². The summed E-state index contributed by atoms with van der Waals surface area (Å²) in [5.41, 5.74) is 5.36. The third kappa shape index (κ3) is 2.63. The molecule has 2 rings (SSSR count). The Balaban J connectivity index is 2.13. The summed E-state index contributed by atoms with van der Waals surface area (Å²) in [6.45, 7) is 2.06. The summed E-state index contributed by atoms with van der Waals surface area (Å²) < 4.78 is 5.19. The van der Waals surface area contributed by atoms with Crippen molar-refractivity contribution in [3.05, 3.63) is 29.6 Å². The Morgan fingerprint density at radius 1 is 1.65 bits per heavy atom. The highest BCUT2D eigenvalue weighted by Gasteiger charge is 2.47. The smallest absolute Gasteiger partial charge is 0.313 e. The summed E-state index contributed by atoms with van der Waals surface area (Å²) in [5.74, 6) is -1.34. The maximum Gasteiger partial charge on any atom is 0.313 e. The van der Waals surface area contributed by atoms with Crippen molar-refractivity contribution in [1.82, 2.24) is 10.3 Å². The van der Waals surface area contributed by atoms with E-state index in [4.69, 9.17) is 10.5 Å². The van der Waals surface area contributed by atoms with Crippen LogP contribution in [0.25, 0.3) is 0 Å². The van der Waals surface area contributed by atoms with Gasteiger partial charge in [-0.2, -0.15) is 0 Å². The quantitative estimate of drug-likeness (QED) is 0.700. The highest BCUT2D eigenvalue weighted by molar-refractivity contribution is 5.95. The number of nitrogens with one attached hydrogen (secondary N) is 1. The maximum atomic E-state index is 12.2. The monoisotopic (exact) mass is 279 g/mol. The van der Waals surface area contributed by atoms with E-state index in [9.17, 15) is 14.7 Å². The molecule has 1 aromatic heterocycles. The number of rotatable bonds is 4. The second kappa shape index (κ2) is 5.56. The van der Waals surface area contributed by atoms with Crippen molar-refractivity contribution in [2.75, 3.05) is 13.2 Å². The number of nitrogens with two attached hydrogens (primary N) is 1. The van der Waals surface area contributed by atoms with E-state index in [1.807, 2.05) is 0 Å². The number of hydrogen-bond donors (Lipinski definition) is 3. The molecule has 0 radical (unpaired) electrons. The van der Waals surface area contributed by atoms with Gasteiger partial charge in [-0.15, -0.1) is 0 Å². The van der Waals surface area contributed by atoms with Crippen LogP contribution in [0.15, 0.2) is 18.3 Å². The Morgan fingerprint density at radius 3 is 3.05 bits per heavy atom. The van der Waals surface area contributed by atoms with Crippen LogP contribution in [-0.4, -0.2) is 41.2 Å². The molecule has 1 aromatic rings. The molecule has 2 heterocycles. The average molecular weight is 279 g/mol. The minimum absolute atomic E-state index is 0.0810. The van der Waals surface area contributed by atoms with Crippen LogP contribution in [0.2, 0.25) is 0 Å². The normalized spacial score (nSPS) is 25.4. The summed E-state index contributed by atoms with van der Waals surface area (Å²) in [7, 11) is 0. The van der Waals surface area contributed by atoms with Gasteiger partial charge in [0.05, 0.1) is 24.9 Å². The number of amides is 1. The fourth-order valence-electron chi connectivity index (χ4n) is 2.06. The number of carbonyl (C=O) groups excluding carboxylic acids is 1. The number of aromatic nitrogens is 1. The molecule has 20 heavy (non-hydrogen) atoms. The van der Waals surface area contributed by atoms with E-state index >= 15 is 0 Å². The first kappa shape index (κ1) is 14.4. The minimum atomic E-state index is -1.11. The first-order valence-corrected chi connectivity index (χ1v) is 6.24. The summed E-state index contributed by atoms with van der Waals surface area (Å²) in [6.07, 6.45) is 1.50. The fraction of sp³-hybridized carbons (Fsp3) is 0.462. The molecular weight excluding hydrogens is 262 g/mol. The van der Waals surface area contributed by atoms with Crippen LogP contribution < -0.4 is 11.1 Å². The van der Waals surface area contributed by atoms with Gasteiger partial charge < -0.3 is 20.9 Å². The molecule has 1 fully saturated rings. The molecule has 0 aromatic carbocycles. The van der Waals surface area contributed by atoms with Crippen LogP contribution in [0.5, 0.6) is 0 Å². The van der Waals surface area contributed by atoms with Crippen molar-refractivity contribution < 1.29 is 19.4 Å². The fourth-order valence-corrected chi connectivity index (χ4v) is 2.06. The van der Waals surface area contributed by atoms with Crippen molar-refractivity contribution in [1.29, 1.82) is 0 Å². The zero-order chi connectivity index (χ0) is 14.8. The number of nitrogens with zero attached hydrogens (tertiary/aromatic N) is 1. The second-order valence-corrected chi connectivity index (χ2v) is 5.00. The molecule has 7 heteroatoms. The molecule has 1 aliphatic rings. The van der Waals surface area contributed by atoms with E-state index in [1.54, 1.807) is 19.1 Å². The predicted molar refractivity (Wildman–Crippen MR) is 69.9 cm³/mol. The molecule has 108 valence electrons. The van der Waals surface area contributed by atoms with Gasteiger partial charge in [-0.25, -0.2) is 0 Å². The van der Waals surface area contributed by atoms with E-state index < -0.39 is 17.4 Å². The van der Waals surface area contributed by atoms with E-state index in [1.165, 1.54) is 6.20 Å². The van der Waals surface area contributed by atoms with Gasteiger partial charge in [-0.05, 0) is 19.1 Å². The number of carboxylic acids is 1. The molecule has 4 N–H and O–H groups in total. The van der Waals surface area contributed by atoms with Crippen LogP contribution in [-0.2, 0) is 16.1 Å². The zero-order valence-corrected chi connectivity index (χ0v) is 11.1. The Labute approximate surface area is 116 Å². The van der Waals surface area contributed by atoms with Crippen LogP contribution in [0.1, 0.15) is 23.0 Å². The van der Waals surface area contributed by atoms with Crippen LogP contribution in [0, 0.1) is 5.41 Å². The zero-order valence-electron chi connectivity index (χ0n) is 11.1. The SMILES string of the molecule is CC1(C(=O)O)COCC1NC(=O)c1ccnc(CN)c1. The first-order valence-electron chi connectivity index (χ1n) is 6.24. The summed E-state index contributed by atoms with van der Waals surface area (Å²) >= 11 is 0. The minimum Gasteiger partial charge on any atom is -0.481 e. The highest BCUT2D eigenvalue weighted by atomic mass is 16.5. The van der Waals surface area contributed by atoms with Crippen molar-refractivity contribution >= 4 is 11.9 Å². The summed E-state index contributed by atoms with van der Waals surface area (Å²) in [4.78, 5) is 27.5. The van der Waals surface area contributed by atoms with Crippen LogP contribution in [0.3, 0.4) is 0 Å². The topological polar surface area (TPSA) is 115 Å². The lowest BCUT2D eigenvalue weighted by atomic mass is 9.85. The number of carbonyl (C=O) groups is 2. The molecule has 1 amide bonds. The van der Waals surface area contributed by atoms with Crippen molar-refractivity contribution in [2.24, 2.45) is 11.1 Å². The van der Waals surface area contributed by atoms with Crippen molar-refractivity contribution in [2.45, 2.75) is 19.5 Å². The first-order chi connectivity index (χ1) is 9.47. The standard InChI is InChI=1S/C13H17N3O4/c1-13(12(18)19)7-20-6-10(13)16-11(17)8-2-3-15-9(4-8)5-14/h2-4,10H,5-7,14H2,1H3,(H,16,17)(H,18,19). The lowest BCUT2D eigenvalue weighted by Gasteiger charge is -2.25. The lowest BCUT2D eigenvalue weighted by molar-refractivity contribution is -0.148. The molecule has 2 atom stereocenters. The van der Waals surface area contributed by atoms with Gasteiger partial charge in [0.1, 0.15) is 5.41 Å². The van der Waals surface area contributed by atoms with Gasteiger partial charge in [-0.3, -0.25) is 14.6 Å². The summed E-state index contributed by atoms with van der Waals surface area (Å²) in [6, 6.07) is 2.58. The number of aliphatic carboxylic acids is 1. The van der Waals surface area contributed by atoms with Gasteiger partial charge >= 0.3 is 5.97 Å². The van der Waals surface area contributed by atoms with Crippen molar-refractivity contribution in [3.8, 4) is 0 Å². The molecule has 2 unspecified atom stereocenters. The highest BCUT2D eigenvalue weighted by Crippen LogP contribution is 2.28. The molecule has 0 spiro atoms. The summed E-state index contributed by atoms with van der Waals surface area (Å²) in [5, 5.41) is 12.0. The third-order valence-corrected chi connectivity index (χ3v) is 3.54. The molecular formula is C13H17N3O4. The van der Waals surface area contributed by atoms with E-state index in [0.717, 1.165) is 0 Å². The number of ether oxygens (including phenoxy) is 1. The Bertz CT molecular complexity index is 534. The third-order valence-electron chi connectivity index (χ3n) is 3.54. The van der Waals surface area contributed by atoms with E-state index in [2.05, 4.69) is 10.3 Å². The molecule has 0 saturated carbocycles. The lowest BCUT2D eigenvalue weighted by Crippen LogP contribution is -2.49. The molecule has 1 saturated heterocycles. The average Bonchev–Trinajstić information content (AvgIpc) is 2.81. The second-order valence-electron chi connectivity index (χ2n) is 5.00. The van der Waals surface area contributed by atoms with E-state index in [-0.39, 0.29) is 25.7 Å². The molecule has 0 aliphatic carbocycles. The largest absolute Gasteiger partial charge is 0.481 e. The van der Waals surface area contributed by atoms with E-state index in [0.29, 0.717) is 11.3 Å². The van der Waals surface area contributed by atoms with Crippen molar-refractivity contribution in [3.63, 3.8) is 0 Å². The number of carboxylic acid groups (broad SMARTS) is 1.